The average molecular weight is 443 g/mol. The molecular formula is C23H30N4O3S. The molecule has 0 radical (unpaired) electrons. The zero-order chi connectivity index (χ0) is 21.8. The first-order valence-electron chi connectivity index (χ1n) is 10.9. The number of hydrogen-bond acceptors (Lipinski definition) is 6. The van der Waals surface area contributed by atoms with Gasteiger partial charge in [0.05, 0.1) is 23.8 Å². The Kier molecular flexibility index (Phi) is 6.99. The molecule has 2 aromatic rings. The first-order chi connectivity index (χ1) is 15.0. The Balaban J connectivity index is 1.26. The van der Waals surface area contributed by atoms with Crippen molar-refractivity contribution in [1.82, 2.24) is 14.8 Å². The molecule has 1 aromatic heterocycles. The van der Waals surface area contributed by atoms with Gasteiger partial charge in [-0.2, -0.15) is 0 Å². The van der Waals surface area contributed by atoms with E-state index in [1.807, 2.05) is 23.6 Å². The molecule has 2 saturated heterocycles. The molecule has 31 heavy (non-hydrogen) atoms. The minimum Gasteiger partial charge on any atom is -0.373 e. The van der Waals surface area contributed by atoms with Crippen LogP contribution in [0.2, 0.25) is 0 Å². The van der Waals surface area contributed by atoms with Gasteiger partial charge in [-0.3, -0.25) is 14.5 Å². The van der Waals surface area contributed by atoms with E-state index in [9.17, 15) is 9.59 Å². The number of hydrogen-bond donors (Lipinski definition) is 1. The van der Waals surface area contributed by atoms with E-state index in [1.54, 1.807) is 4.90 Å². The van der Waals surface area contributed by atoms with Gasteiger partial charge >= 0.3 is 0 Å². The molecule has 1 N–H and O–H groups in total. The highest BCUT2D eigenvalue weighted by molar-refractivity contribution is 7.13. The van der Waals surface area contributed by atoms with Crippen LogP contribution in [0.25, 0.3) is 0 Å². The molecule has 2 fully saturated rings. The van der Waals surface area contributed by atoms with Crippen LogP contribution in [0.15, 0.2) is 35.7 Å². The molecule has 0 saturated carbocycles. The average Bonchev–Trinajstić information content (AvgIpc) is 3.32. The van der Waals surface area contributed by atoms with Crippen LogP contribution in [-0.4, -0.2) is 65.0 Å². The normalized spacial score (nSPS) is 24.5. The van der Waals surface area contributed by atoms with E-state index >= 15 is 0 Å². The number of morpholine rings is 1. The van der Waals surface area contributed by atoms with E-state index in [2.05, 4.69) is 41.2 Å². The van der Waals surface area contributed by atoms with Crippen molar-refractivity contribution in [2.75, 3.05) is 31.5 Å². The molecule has 3 heterocycles. The quantitative estimate of drug-likeness (QED) is 0.714. The van der Waals surface area contributed by atoms with E-state index in [0.717, 1.165) is 31.7 Å². The highest BCUT2D eigenvalue weighted by atomic mass is 32.1. The highest BCUT2D eigenvalue weighted by Gasteiger charge is 2.34. The lowest BCUT2D eigenvalue weighted by atomic mass is 10.1. The molecule has 1 aromatic carbocycles. The monoisotopic (exact) mass is 442 g/mol. The number of anilines is 1. The molecular weight excluding hydrogens is 412 g/mol. The predicted molar refractivity (Wildman–Crippen MR) is 121 cm³/mol. The van der Waals surface area contributed by atoms with Crippen molar-refractivity contribution in [3.05, 3.63) is 47.0 Å². The molecule has 0 bridgehead atoms. The Morgan fingerprint density at radius 2 is 1.94 bits per heavy atom. The fourth-order valence-electron chi connectivity index (χ4n) is 4.36. The summed E-state index contributed by atoms with van der Waals surface area (Å²) in [4.78, 5) is 33.8. The van der Waals surface area contributed by atoms with Gasteiger partial charge in [-0.05, 0) is 25.8 Å². The van der Waals surface area contributed by atoms with E-state index in [-0.39, 0.29) is 36.4 Å². The summed E-state index contributed by atoms with van der Waals surface area (Å²) in [6.07, 6.45) is 1.50. The van der Waals surface area contributed by atoms with Gasteiger partial charge in [-0.1, -0.05) is 30.3 Å². The molecule has 4 rings (SSSR count). The van der Waals surface area contributed by atoms with Crippen molar-refractivity contribution in [3.8, 4) is 0 Å². The lowest BCUT2D eigenvalue weighted by molar-refractivity contribution is -0.128. The molecule has 3 atom stereocenters. The fourth-order valence-corrected chi connectivity index (χ4v) is 5.06. The second kappa shape index (κ2) is 9.89. The Morgan fingerprint density at radius 1 is 1.19 bits per heavy atom. The Morgan fingerprint density at radius 3 is 2.68 bits per heavy atom. The van der Waals surface area contributed by atoms with Gasteiger partial charge in [0.15, 0.2) is 5.13 Å². The first kappa shape index (κ1) is 21.9. The number of thiazole rings is 1. The summed E-state index contributed by atoms with van der Waals surface area (Å²) >= 11 is 1.44. The summed E-state index contributed by atoms with van der Waals surface area (Å²) in [6.45, 7) is 7.80. The lowest BCUT2D eigenvalue weighted by Crippen LogP contribution is -2.44. The standard InChI is InChI=1S/C23H30N4O3S/c1-16-11-26(12-17(2)30-16)14-20-15-31-23(24-20)25-22(29)19-10-21(28)27(13-19)9-8-18-6-4-3-5-7-18/h3-7,15-17,19H,8-14H2,1-2H3,(H,24,25,29). The van der Waals surface area contributed by atoms with Crippen LogP contribution in [-0.2, 0) is 27.3 Å². The van der Waals surface area contributed by atoms with Gasteiger partial charge < -0.3 is 15.0 Å². The molecule has 0 spiro atoms. The SMILES string of the molecule is CC1CN(Cc2csc(NC(=O)C3CC(=O)N(CCc4ccccc4)C3)n2)CC(C)O1. The number of amides is 2. The van der Waals surface area contributed by atoms with E-state index < -0.39 is 0 Å². The minimum absolute atomic E-state index is 0.0477. The van der Waals surface area contributed by atoms with Crippen LogP contribution >= 0.6 is 11.3 Å². The maximum Gasteiger partial charge on any atom is 0.231 e. The minimum atomic E-state index is -0.323. The predicted octanol–water partition coefficient (Wildman–Crippen LogP) is 2.78. The van der Waals surface area contributed by atoms with Crippen LogP contribution in [0, 0.1) is 5.92 Å². The molecule has 8 heteroatoms. The van der Waals surface area contributed by atoms with Crippen LogP contribution in [0.5, 0.6) is 0 Å². The van der Waals surface area contributed by atoms with Crippen molar-refractivity contribution in [2.24, 2.45) is 5.92 Å². The summed E-state index contributed by atoms with van der Waals surface area (Å²) in [6, 6.07) is 10.1. The van der Waals surface area contributed by atoms with Crippen molar-refractivity contribution in [3.63, 3.8) is 0 Å². The topological polar surface area (TPSA) is 74.8 Å². The van der Waals surface area contributed by atoms with E-state index in [0.29, 0.717) is 18.2 Å². The summed E-state index contributed by atoms with van der Waals surface area (Å²) in [5.41, 5.74) is 2.15. The number of nitrogens with one attached hydrogen (secondary N) is 1. The molecule has 2 aliphatic rings. The largest absolute Gasteiger partial charge is 0.373 e. The van der Waals surface area contributed by atoms with Crippen LogP contribution in [0.3, 0.4) is 0 Å². The number of carbonyl (C=O) groups excluding carboxylic acids is 2. The number of aromatic nitrogens is 1. The van der Waals surface area contributed by atoms with E-state index in [4.69, 9.17) is 4.74 Å². The van der Waals surface area contributed by atoms with Crippen molar-refractivity contribution < 1.29 is 14.3 Å². The third-order valence-electron chi connectivity index (χ3n) is 5.76. The summed E-state index contributed by atoms with van der Waals surface area (Å²) < 4.78 is 5.78. The van der Waals surface area contributed by atoms with Crippen molar-refractivity contribution in [2.45, 2.75) is 45.4 Å². The second-order valence-electron chi connectivity index (χ2n) is 8.56. The molecule has 7 nitrogen and oxygen atoms in total. The number of carbonyl (C=O) groups is 2. The van der Waals surface area contributed by atoms with Gasteiger partial charge in [0.2, 0.25) is 11.8 Å². The zero-order valence-corrected chi connectivity index (χ0v) is 18.9. The zero-order valence-electron chi connectivity index (χ0n) is 18.1. The highest BCUT2D eigenvalue weighted by Crippen LogP contribution is 2.23. The van der Waals surface area contributed by atoms with Gasteiger partial charge in [0.25, 0.3) is 0 Å². The summed E-state index contributed by atoms with van der Waals surface area (Å²) in [5, 5.41) is 5.51. The number of likely N-dealkylation sites (tertiary alicyclic amines) is 1. The third-order valence-corrected chi connectivity index (χ3v) is 6.57. The summed E-state index contributed by atoms with van der Waals surface area (Å²) in [7, 11) is 0. The van der Waals surface area contributed by atoms with Gasteiger partial charge in [-0.15, -0.1) is 11.3 Å². The van der Waals surface area contributed by atoms with Crippen molar-refractivity contribution >= 4 is 28.3 Å². The molecule has 0 aliphatic carbocycles. The maximum absolute atomic E-state index is 12.7. The smallest absolute Gasteiger partial charge is 0.231 e. The van der Waals surface area contributed by atoms with Gasteiger partial charge in [0.1, 0.15) is 0 Å². The molecule has 3 unspecified atom stereocenters. The number of rotatable bonds is 7. The second-order valence-corrected chi connectivity index (χ2v) is 9.42. The Hall–Kier alpha value is -2.29. The Bertz CT molecular complexity index is 893. The first-order valence-corrected chi connectivity index (χ1v) is 11.8. The number of ether oxygens (including phenoxy) is 1. The van der Waals surface area contributed by atoms with Crippen LogP contribution in [0.1, 0.15) is 31.5 Å². The van der Waals surface area contributed by atoms with E-state index in [1.165, 1.54) is 16.9 Å². The fraction of sp³-hybridized carbons (Fsp3) is 0.522. The summed E-state index contributed by atoms with van der Waals surface area (Å²) in [5.74, 6) is -0.395. The lowest BCUT2D eigenvalue weighted by Gasteiger charge is -2.34. The van der Waals surface area contributed by atoms with Crippen molar-refractivity contribution in [1.29, 1.82) is 0 Å². The molecule has 166 valence electrons. The maximum atomic E-state index is 12.7. The van der Waals surface area contributed by atoms with Crippen LogP contribution in [0.4, 0.5) is 5.13 Å². The third kappa shape index (κ3) is 5.90. The van der Waals surface area contributed by atoms with Gasteiger partial charge in [0, 0.05) is 44.5 Å². The number of nitrogens with zero attached hydrogens (tertiary/aromatic N) is 3. The Labute approximate surface area is 187 Å². The molecule has 2 amide bonds. The van der Waals surface area contributed by atoms with Crippen LogP contribution < -0.4 is 5.32 Å². The number of benzene rings is 1. The molecule has 2 aliphatic heterocycles. The van der Waals surface area contributed by atoms with Gasteiger partial charge in [-0.25, -0.2) is 4.98 Å².